The van der Waals surface area contributed by atoms with Gasteiger partial charge in [0, 0.05) is 13.1 Å². The van der Waals surface area contributed by atoms with Crippen LogP contribution in [0.4, 0.5) is 0 Å². The minimum absolute atomic E-state index is 0.0672. The van der Waals surface area contributed by atoms with Gasteiger partial charge < -0.3 is 10.0 Å². The molecule has 1 N–H and O–H groups in total. The zero-order valence-electron chi connectivity index (χ0n) is 26.6. The smallest absolute Gasteiger partial charge is 0.229 e. The van der Waals surface area contributed by atoms with E-state index in [9.17, 15) is 9.90 Å². The van der Waals surface area contributed by atoms with Gasteiger partial charge in [-0.2, -0.15) is 0 Å². The maximum Gasteiger partial charge on any atom is 0.229 e. The summed E-state index contributed by atoms with van der Waals surface area (Å²) in [4.78, 5) is 17.0. The van der Waals surface area contributed by atoms with Crippen molar-refractivity contribution in [3.05, 3.63) is 0 Å². The summed E-state index contributed by atoms with van der Waals surface area (Å²) >= 11 is 0. The number of carbonyl (C=O) groups is 1. The molecule has 0 bridgehead atoms. The number of fused-ring (bicyclic) bond motifs is 6. The maximum atomic E-state index is 14.7. The minimum Gasteiger partial charge on any atom is -0.393 e. The van der Waals surface area contributed by atoms with Crippen molar-refractivity contribution in [1.82, 2.24) is 4.90 Å². The number of likely N-dealkylation sites (tertiary alicyclic amines) is 1. The van der Waals surface area contributed by atoms with Gasteiger partial charge in [-0.25, -0.2) is 0 Å². The highest BCUT2D eigenvalue weighted by Crippen LogP contribution is 2.84. The summed E-state index contributed by atoms with van der Waals surface area (Å²) in [6.07, 6.45) is 21.6. The van der Waals surface area contributed by atoms with Crippen molar-refractivity contribution in [3.8, 4) is 0 Å². The Balaban J connectivity index is 1.18. The lowest BCUT2D eigenvalue weighted by Gasteiger charge is -2.80. The molecule has 224 valence electrons. The summed E-state index contributed by atoms with van der Waals surface area (Å²) in [6.45, 7) is 15.3. The van der Waals surface area contributed by atoms with E-state index in [-0.39, 0.29) is 16.9 Å². The molecule has 0 aromatic rings. The normalized spacial score (nSPS) is 58.0. The zero-order chi connectivity index (χ0) is 28.0. The number of nitrogens with zero attached hydrogens (tertiary/aromatic N) is 1. The van der Waals surface area contributed by atoms with Crippen LogP contribution in [-0.2, 0) is 4.79 Å². The Morgan fingerprint density at radius 2 is 1.30 bits per heavy atom. The van der Waals surface area contributed by atoms with Crippen LogP contribution in [0, 0.1) is 61.6 Å². The molecule has 1 saturated heterocycles. The second-order valence-electron chi connectivity index (χ2n) is 18.4. The molecule has 7 saturated carbocycles. The molecule has 8 fully saturated rings. The predicted octanol–water partition coefficient (Wildman–Crippen LogP) is 8.39. The van der Waals surface area contributed by atoms with Crippen molar-refractivity contribution in [3.63, 3.8) is 0 Å². The average Bonchev–Trinajstić information content (AvgIpc) is 3.56. The van der Waals surface area contributed by atoms with Crippen molar-refractivity contribution in [2.75, 3.05) is 13.1 Å². The fourth-order valence-corrected chi connectivity index (χ4v) is 15.0. The van der Waals surface area contributed by atoms with E-state index in [2.05, 4.69) is 39.5 Å². The van der Waals surface area contributed by atoms with E-state index >= 15 is 0 Å². The summed E-state index contributed by atoms with van der Waals surface area (Å²) in [6, 6.07) is 0. The van der Waals surface area contributed by atoms with E-state index in [0.29, 0.717) is 44.8 Å². The van der Waals surface area contributed by atoms with E-state index in [1.165, 1.54) is 96.3 Å². The summed E-state index contributed by atoms with van der Waals surface area (Å²) in [7, 11) is 0. The van der Waals surface area contributed by atoms with Crippen LogP contribution in [0.2, 0.25) is 0 Å². The highest BCUT2D eigenvalue weighted by Gasteiger charge is 2.78. The SMILES string of the molecule is CC1(C2CCC3(C(=O)N4CCCCC4)CCC4(C)C(CCC5C4(C)CCC46CCC4(C)C(O)CCC56C)C23)CC1. The van der Waals surface area contributed by atoms with Gasteiger partial charge in [-0.3, -0.25) is 4.79 Å². The third-order valence-electron chi connectivity index (χ3n) is 17.9. The van der Waals surface area contributed by atoms with E-state index < -0.39 is 0 Å². The number of aliphatic hydroxyl groups excluding tert-OH is 1. The Labute approximate surface area is 245 Å². The van der Waals surface area contributed by atoms with Gasteiger partial charge in [-0.1, -0.05) is 34.6 Å². The van der Waals surface area contributed by atoms with Gasteiger partial charge in [0.25, 0.3) is 0 Å². The minimum atomic E-state index is -0.0970. The van der Waals surface area contributed by atoms with Gasteiger partial charge in [0.1, 0.15) is 0 Å². The molecule has 3 nitrogen and oxygen atoms in total. The number of hydrogen-bond acceptors (Lipinski definition) is 2. The molecule has 0 aromatic heterocycles. The molecule has 8 aliphatic rings. The highest BCUT2D eigenvalue weighted by molar-refractivity contribution is 5.84. The predicted molar refractivity (Wildman–Crippen MR) is 160 cm³/mol. The number of carbonyl (C=O) groups excluding carboxylic acids is 1. The van der Waals surface area contributed by atoms with E-state index in [1.54, 1.807) is 0 Å². The number of piperidine rings is 1. The van der Waals surface area contributed by atoms with Crippen molar-refractivity contribution in [1.29, 1.82) is 0 Å². The van der Waals surface area contributed by atoms with Gasteiger partial charge in [-0.15, -0.1) is 0 Å². The highest BCUT2D eigenvalue weighted by atomic mass is 16.3. The fraction of sp³-hybridized carbons (Fsp3) is 0.973. The second kappa shape index (κ2) is 8.12. The molecular weight excluding hydrogens is 490 g/mol. The van der Waals surface area contributed by atoms with E-state index in [4.69, 9.17) is 0 Å². The Kier molecular flexibility index (Phi) is 5.48. The van der Waals surface area contributed by atoms with Gasteiger partial charge in [0.2, 0.25) is 5.91 Å². The van der Waals surface area contributed by atoms with Crippen molar-refractivity contribution in [2.45, 2.75) is 150 Å². The van der Waals surface area contributed by atoms with Crippen molar-refractivity contribution in [2.24, 2.45) is 61.6 Å². The molecule has 0 radical (unpaired) electrons. The first-order valence-electron chi connectivity index (χ1n) is 17.9. The van der Waals surface area contributed by atoms with Crippen molar-refractivity contribution < 1.29 is 9.90 Å². The lowest BCUT2D eigenvalue weighted by atomic mass is 9.25. The summed E-state index contributed by atoms with van der Waals surface area (Å²) in [5.41, 5.74) is 1.97. The molecule has 1 heterocycles. The largest absolute Gasteiger partial charge is 0.393 e. The first-order chi connectivity index (χ1) is 18.9. The molecule has 8 rings (SSSR count). The van der Waals surface area contributed by atoms with E-state index in [1.807, 2.05) is 0 Å². The second-order valence-corrected chi connectivity index (χ2v) is 18.4. The monoisotopic (exact) mass is 549 g/mol. The van der Waals surface area contributed by atoms with Crippen LogP contribution in [0.5, 0.6) is 0 Å². The fourth-order valence-electron chi connectivity index (χ4n) is 15.0. The summed E-state index contributed by atoms with van der Waals surface area (Å²) < 4.78 is 0. The molecule has 0 aromatic carbocycles. The molecule has 1 amide bonds. The Hall–Kier alpha value is -0.570. The molecule has 11 atom stereocenters. The molecule has 3 heteroatoms. The first-order valence-corrected chi connectivity index (χ1v) is 17.9. The first kappa shape index (κ1) is 27.0. The average molecular weight is 550 g/mol. The van der Waals surface area contributed by atoms with Gasteiger partial charge in [0.05, 0.1) is 11.5 Å². The third kappa shape index (κ3) is 2.88. The zero-order valence-corrected chi connectivity index (χ0v) is 26.6. The number of hydrogen-bond donors (Lipinski definition) is 1. The lowest BCUT2D eigenvalue weighted by molar-refractivity contribution is -0.324. The van der Waals surface area contributed by atoms with Crippen LogP contribution in [0.25, 0.3) is 0 Å². The molecule has 1 spiro atoms. The molecule has 40 heavy (non-hydrogen) atoms. The summed E-state index contributed by atoms with van der Waals surface area (Å²) in [5.74, 6) is 3.44. The standard InChI is InChI=1S/C37H59NO2/c1-31(15-16-31)25-11-14-36(30(40)38-23-7-6-8-24-38)20-17-32(2)26(29(25)36)9-10-27-33(32,3)18-21-37-22-19-35(37,5)28(39)12-13-34(27,37)4/h25-29,39H,6-24H2,1-5H3. The quantitative estimate of drug-likeness (QED) is 0.376. The molecule has 1 aliphatic heterocycles. The van der Waals surface area contributed by atoms with Crippen LogP contribution < -0.4 is 0 Å². The van der Waals surface area contributed by atoms with Crippen molar-refractivity contribution >= 4 is 5.91 Å². The van der Waals surface area contributed by atoms with Crippen LogP contribution in [-0.4, -0.2) is 35.1 Å². The van der Waals surface area contributed by atoms with Crippen LogP contribution in [0.3, 0.4) is 0 Å². The third-order valence-corrected chi connectivity index (χ3v) is 17.9. The van der Waals surface area contributed by atoms with Gasteiger partial charge in [0.15, 0.2) is 0 Å². The van der Waals surface area contributed by atoms with Gasteiger partial charge >= 0.3 is 0 Å². The van der Waals surface area contributed by atoms with Crippen LogP contribution >= 0.6 is 0 Å². The number of aliphatic hydroxyl groups is 1. The van der Waals surface area contributed by atoms with Crippen LogP contribution in [0.15, 0.2) is 0 Å². The lowest BCUT2D eigenvalue weighted by Crippen LogP contribution is -2.74. The number of rotatable bonds is 2. The molecule has 11 unspecified atom stereocenters. The number of amides is 1. The summed E-state index contributed by atoms with van der Waals surface area (Å²) in [5, 5.41) is 11.3. The maximum absolute atomic E-state index is 14.7. The molecule has 7 aliphatic carbocycles. The molecular formula is C37H59NO2. The Morgan fingerprint density at radius 1 is 0.625 bits per heavy atom. The Morgan fingerprint density at radius 3 is 1.98 bits per heavy atom. The van der Waals surface area contributed by atoms with Gasteiger partial charge in [-0.05, 0) is 165 Å². The topological polar surface area (TPSA) is 40.5 Å². The Bertz CT molecular complexity index is 1090. The van der Waals surface area contributed by atoms with Crippen LogP contribution in [0.1, 0.15) is 144 Å². The van der Waals surface area contributed by atoms with E-state index in [0.717, 1.165) is 37.8 Å².